The molecule has 0 aliphatic carbocycles. The van der Waals surface area contributed by atoms with Crippen molar-refractivity contribution in [1.29, 1.82) is 0 Å². The maximum absolute atomic E-state index is 12.3. The summed E-state index contributed by atoms with van der Waals surface area (Å²) in [5.74, 6) is -0.358. The van der Waals surface area contributed by atoms with Gasteiger partial charge in [-0.25, -0.2) is 4.68 Å². The average molecular weight is 315 g/mol. The lowest BCUT2D eigenvalue weighted by molar-refractivity contribution is -0.117. The molecule has 8 heteroatoms. The van der Waals surface area contributed by atoms with Gasteiger partial charge in [-0.15, -0.1) is 10.2 Å². The first kappa shape index (κ1) is 14.3. The summed E-state index contributed by atoms with van der Waals surface area (Å²) < 4.78 is 1.14. The maximum atomic E-state index is 12.3. The molecule has 0 spiro atoms. The van der Waals surface area contributed by atoms with Gasteiger partial charge < -0.3 is 0 Å². The van der Waals surface area contributed by atoms with E-state index in [4.69, 9.17) is 0 Å². The number of carbonyl (C=O) groups excluding carboxylic acids is 1. The molecule has 0 unspecified atom stereocenters. The number of aryl methyl sites for hydroxylation is 1. The molecule has 0 radical (unpaired) electrons. The Kier molecular flexibility index (Phi) is 3.92. The zero-order chi connectivity index (χ0) is 15.5. The van der Waals surface area contributed by atoms with Crippen molar-refractivity contribution in [2.75, 3.05) is 5.32 Å². The van der Waals surface area contributed by atoms with Crippen molar-refractivity contribution < 1.29 is 4.79 Å². The van der Waals surface area contributed by atoms with Gasteiger partial charge in [0.2, 0.25) is 11.0 Å². The molecule has 0 atom stereocenters. The highest BCUT2D eigenvalue weighted by atomic mass is 32.1. The van der Waals surface area contributed by atoms with Gasteiger partial charge in [-0.2, -0.15) is 5.10 Å². The Morgan fingerprint density at radius 1 is 1.32 bits per heavy atom. The minimum absolute atomic E-state index is 0.162. The molecule has 0 aliphatic heterocycles. The van der Waals surface area contributed by atoms with Gasteiger partial charge in [0.25, 0.3) is 5.56 Å². The van der Waals surface area contributed by atoms with Gasteiger partial charge in [0.1, 0.15) is 11.6 Å². The number of nitrogens with zero attached hydrogens (tertiary/aromatic N) is 4. The summed E-state index contributed by atoms with van der Waals surface area (Å²) in [6.45, 7) is 1.80. The molecule has 3 aromatic rings. The number of hydrogen-bond donors (Lipinski definition) is 1. The van der Waals surface area contributed by atoms with Gasteiger partial charge in [-0.1, -0.05) is 36.5 Å². The highest BCUT2D eigenvalue weighted by Gasteiger charge is 2.11. The zero-order valence-corrected chi connectivity index (χ0v) is 12.6. The molecule has 0 bridgehead atoms. The van der Waals surface area contributed by atoms with Crippen LogP contribution < -0.4 is 10.9 Å². The second-order valence-electron chi connectivity index (χ2n) is 4.60. The number of carbonyl (C=O) groups is 1. The quantitative estimate of drug-likeness (QED) is 0.787. The first-order valence-corrected chi connectivity index (χ1v) is 7.56. The van der Waals surface area contributed by atoms with Crippen LogP contribution in [0.5, 0.6) is 0 Å². The number of anilines is 1. The van der Waals surface area contributed by atoms with E-state index in [-0.39, 0.29) is 18.0 Å². The molecule has 0 aliphatic rings. The summed E-state index contributed by atoms with van der Waals surface area (Å²) in [5.41, 5.74) is -0.292. The molecule has 7 nitrogen and oxygen atoms in total. The molecule has 0 fully saturated rings. The number of benzene rings is 1. The Balaban J connectivity index is 1.79. The Morgan fingerprint density at radius 2 is 2.14 bits per heavy atom. The summed E-state index contributed by atoms with van der Waals surface area (Å²) >= 11 is 1.32. The predicted molar refractivity (Wildman–Crippen MR) is 83.9 cm³/mol. The second kappa shape index (κ2) is 6.02. The van der Waals surface area contributed by atoms with Crippen LogP contribution in [0.15, 0.2) is 35.3 Å². The van der Waals surface area contributed by atoms with Crippen molar-refractivity contribution >= 4 is 33.1 Å². The van der Waals surface area contributed by atoms with E-state index in [1.807, 2.05) is 19.1 Å². The number of hydrogen-bond acceptors (Lipinski definition) is 6. The number of nitrogens with one attached hydrogen (secondary N) is 1. The monoisotopic (exact) mass is 315 g/mol. The van der Waals surface area contributed by atoms with Crippen LogP contribution in [0.3, 0.4) is 0 Å². The molecule has 22 heavy (non-hydrogen) atoms. The molecule has 3 rings (SSSR count). The molecule has 1 N–H and O–H groups in total. The van der Waals surface area contributed by atoms with E-state index in [0.29, 0.717) is 10.5 Å². The molecule has 1 aromatic carbocycles. The van der Waals surface area contributed by atoms with Gasteiger partial charge in [0.15, 0.2) is 0 Å². The molecular formula is C14H13N5O2S. The Morgan fingerprint density at radius 3 is 2.91 bits per heavy atom. The van der Waals surface area contributed by atoms with Crippen molar-refractivity contribution in [3.63, 3.8) is 0 Å². The highest BCUT2D eigenvalue weighted by Crippen LogP contribution is 2.15. The fourth-order valence-corrected chi connectivity index (χ4v) is 2.68. The van der Waals surface area contributed by atoms with Gasteiger partial charge in [-0.05, 0) is 12.5 Å². The summed E-state index contributed by atoms with van der Waals surface area (Å²) in [7, 11) is 0. The predicted octanol–water partition coefficient (Wildman–Crippen LogP) is 1.45. The third-order valence-corrected chi connectivity index (χ3v) is 4.05. The Bertz CT molecular complexity index is 886. The van der Waals surface area contributed by atoms with Crippen molar-refractivity contribution in [2.45, 2.75) is 19.9 Å². The van der Waals surface area contributed by atoms with Crippen LogP contribution in [-0.4, -0.2) is 25.9 Å². The van der Waals surface area contributed by atoms with Crippen LogP contribution in [0.4, 0.5) is 5.13 Å². The standard InChI is InChI=1S/C14H13N5O2S/c1-2-12-17-18-14(22-12)16-11(20)8-19-13(21)10-6-4-3-5-9(10)7-15-19/h3-7H,2,8H2,1H3,(H,16,18,20). The van der Waals surface area contributed by atoms with Gasteiger partial charge in [0.05, 0.1) is 11.6 Å². The zero-order valence-electron chi connectivity index (χ0n) is 11.8. The number of fused-ring (bicyclic) bond motifs is 1. The maximum Gasteiger partial charge on any atom is 0.275 e. The van der Waals surface area contributed by atoms with Crippen molar-refractivity contribution in [3.05, 3.63) is 45.8 Å². The lowest BCUT2D eigenvalue weighted by Gasteiger charge is -2.05. The second-order valence-corrected chi connectivity index (χ2v) is 5.66. The first-order valence-electron chi connectivity index (χ1n) is 6.74. The fourth-order valence-electron chi connectivity index (χ4n) is 1.98. The third-order valence-electron chi connectivity index (χ3n) is 3.07. The lowest BCUT2D eigenvalue weighted by atomic mass is 10.2. The van der Waals surface area contributed by atoms with Gasteiger partial charge in [-0.3, -0.25) is 14.9 Å². The van der Waals surface area contributed by atoms with Crippen LogP contribution in [-0.2, 0) is 17.8 Å². The molecule has 0 saturated heterocycles. The SMILES string of the molecule is CCc1nnc(NC(=O)Cn2ncc3ccccc3c2=O)s1. The van der Waals surface area contributed by atoms with E-state index in [0.717, 1.165) is 21.5 Å². The minimum Gasteiger partial charge on any atom is -0.299 e. The first-order chi connectivity index (χ1) is 10.7. The number of rotatable bonds is 4. The summed E-state index contributed by atoms with van der Waals surface area (Å²) in [4.78, 5) is 24.3. The largest absolute Gasteiger partial charge is 0.299 e. The van der Waals surface area contributed by atoms with Crippen LogP contribution >= 0.6 is 11.3 Å². The highest BCUT2D eigenvalue weighted by molar-refractivity contribution is 7.15. The molecule has 0 saturated carbocycles. The lowest BCUT2D eigenvalue weighted by Crippen LogP contribution is -2.29. The van der Waals surface area contributed by atoms with E-state index in [1.54, 1.807) is 18.3 Å². The van der Waals surface area contributed by atoms with E-state index in [9.17, 15) is 9.59 Å². The molecule has 112 valence electrons. The molecular weight excluding hydrogens is 302 g/mol. The van der Waals surface area contributed by atoms with Crippen LogP contribution in [0, 0.1) is 0 Å². The average Bonchev–Trinajstić information content (AvgIpc) is 2.98. The third kappa shape index (κ3) is 2.86. The van der Waals surface area contributed by atoms with Crippen LogP contribution in [0.1, 0.15) is 11.9 Å². The summed E-state index contributed by atoms with van der Waals surface area (Å²) in [6.07, 6.45) is 2.34. The van der Waals surface area contributed by atoms with Gasteiger partial charge >= 0.3 is 0 Å². The number of amides is 1. The molecule has 2 heterocycles. The van der Waals surface area contributed by atoms with Crippen molar-refractivity contribution in [3.8, 4) is 0 Å². The van der Waals surface area contributed by atoms with E-state index < -0.39 is 0 Å². The van der Waals surface area contributed by atoms with Crippen LogP contribution in [0.2, 0.25) is 0 Å². The fraction of sp³-hybridized carbons (Fsp3) is 0.214. The molecule has 2 aromatic heterocycles. The Labute approximate surface area is 129 Å². The van der Waals surface area contributed by atoms with Gasteiger partial charge in [0, 0.05) is 5.39 Å². The van der Waals surface area contributed by atoms with E-state index in [2.05, 4.69) is 20.6 Å². The minimum atomic E-state index is -0.358. The molecule has 1 amide bonds. The van der Waals surface area contributed by atoms with Crippen LogP contribution in [0.25, 0.3) is 10.8 Å². The van der Waals surface area contributed by atoms with Crippen molar-refractivity contribution in [2.24, 2.45) is 0 Å². The van der Waals surface area contributed by atoms with E-state index in [1.165, 1.54) is 11.3 Å². The normalized spacial score (nSPS) is 10.8. The smallest absolute Gasteiger partial charge is 0.275 e. The number of aromatic nitrogens is 4. The Hall–Kier alpha value is -2.61. The van der Waals surface area contributed by atoms with E-state index >= 15 is 0 Å². The van der Waals surface area contributed by atoms with Crippen molar-refractivity contribution in [1.82, 2.24) is 20.0 Å². The summed E-state index contributed by atoms with van der Waals surface area (Å²) in [6, 6.07) is 7.14. The topological polar surface area (TPSA) is 89.8 Å². The summed E-state index contributed by atoms with van der Waals surface area (Å²) in [5, 5.41) is 17.0.